The van der Waals surface area contributed by atoms with Gasteiger partial charge < -0.3 is 14.5 Å². The van der Waals surface area contributed by atoms with Crippen LogP contribution in [0, 0.1) is 0 Å². The van der Waals surface area contributed by atoms with Crippen LogP contribution in [-0.2, 0) is 11.3 Å². The summed E-state index contributed by atoms with van der Waals surface area (Å²) in [5.74, 6) is -0.0201. The third-order valence-corrected chi connectivity index (χ3v) is 6.20. The number of rotatable bonds is 5. The monoisotopic (exact) mass is 484 g/mol. The van der Waals surface area contributed by atoms with Crippen molar-refractivity contribution in [3.05, 3.63) is 60.2 Å². The Balaban J connectivity index is 1.39. The molecule has 0 spiro atoms. The normalized spacial score (nSPS) is 16.9. The van der Waals surface area contributed by atoms with Crippen LogP contribution in [0.3, 0.4) is 0 Å². The molecule has 0 saturated carbocycles. The lowest BCUT2D eigenvalue weighted by atomic mass is 10.1. The van der Waals surface area contributed by atoms with Gasteiger partial charge in [0, 0.05) is 25.0 Å². The minimum atomic E-state index is -4.82. The smallest absolute Gasteiger partial charge is 0.406 e. The third-order valence-electron chi connectivity index (χ3n) is 6.20. The number of hydrogen-bond donors (Lipinski definition) is 0. The average molecular weight is 484 g/mol. The molecule has 2 aliphatic rings. The number of hydrogen-bond acceptors (Lipinski definition) is 5. The van der Waals surface area contributed by atoms with E-state index >= 15 is 0 Å². The molecule has 5 rings (SSSR count). The molecule has 3 aromatic rings. The van der Waals surface area contributed by atoms with E-state index in [0.717, 1.165) is 65.2 Å². The molecule has 0 radical (unpaired) electrons. The molecule has 2 aromatic carbocycles. The molecule has 0 bridgehead atoms. The highest BCUT2D eigenvalue weighted by Crippen LogP contribution is 2.30. The SMILES string of the molecule is O=C1CN(Cc2cc(N3CCCCC3)nc3ccccc23)C(=O)N1c1ccc(OC(F)(F)F)cc1. The lowest BCUT2D eigenvalue weighted by molar-refractivity contribution is -0.274. The Labute approximate surface area is 199 Å². The molecule has 182 valence electrons. The standard InChI is InChI=1S/C25H23F3N4O3/c26-25(27,28)35-19-10-8-18(9-11-19)32-23(33)16-31(24(32)34)15-17-14-22(30-12-4-1-5-13-30)29-21-7-3-2-6-20(17)21/h2-3,6-11,14H,1,4-5,12-13,15-16H2. The van der Waals surface area contributed by atoms with E-state index < -0.39 is 24.1 Å². The van der Waals surface area contributed by atoms with Gasteiger partial charge in [-0.3, -0.25) is 4.79 Å². The number of nitrogens with zero attached hydrogens (tertiary/aromatic N) is 4. The molecule has 2 fully saturated rings. The van der Waals surface area contributed by atoms with E-state index in [9.17, 15) is 22.8 Å². The van der Waals surface area contributed by atoms with Gasteiger partial charge in [0.25, 0.3) is 5.91 Å². The number of anilines is 2. The van der Waals surface area contributed by atoms with Crippen LogP contribution in [0.5, 0.6) is 5.75 Å². The molecule has 0 atom stereocenters. The van der Waals surface area contributed by atoms with E-state index in [0.29, 0.717) is 0 Å². The van der Waals surface area contributed by atoms with Crippen molar-refractivity contribution >= 4 is 34.3 Å². The van der Waals surface area contributed by atoms with Gasteiger partial charge in [-0.15, -0.1) is 13.2 Å². The predicted octanol–water partition coefficient (Wildman–Crippen LogP) is 5.09. The minimum absolute atomic E-state index is 0.130. The van der Waals surface area contributed by atoms with Crippen molar-refractivity contribution in [3.8, 4) is 5.75 Å². The van der Waals surface area contributed by atoms with Gasteiger partial charge in [0.2, 0.25) is 0 Å². The number of carbonyl (C=O) groups is 2. The number of piperidine rings is 1. The molecule has 3 amide bonds. The van der Waals surface area contributed by atoms with Gasteiger partial charge in [-0.1, -0.05) is 18.2 Å². The van der Waals surface area contributed by atoms with E-state index in [1.807, 2.05) is 30.3 Å². The third kappa shape index (κ3) is 4.87. The molecule has 0 aliphatic carbocycles. The first-order chi connectivity index (χ1) is 16.8. The van der Waals surface area contributed by atoms with Crippen molar-refractivity contribution in [2.75, 3.05) is 29.4 Å². The molecule has 7 nitrogen and oxygen atoms in total. The van der Waals surface area contributed by atoms with Gasteiger partial charge >= 0.3 is 12.4 Å². The first-order valence-corrected chi connectivity index (χ1v) is 11.4. The van der Waals surface area contributed by atoms with Crippen molar-refractivity contribution in [3.63, 3.8) is 0 Å². The lowest BCUT2D eigenvalue weighted by Crippen LogP contribution is -2.33. The van der Waals surface area contributed by atoms with Gasteiger partial charge in [-0.2, -0.15) is 0 Å². The number of carbonyl (C=O) groups excluding carboxylic acids is 2. The molecule has 35 heavy (non-hydrogen) atoms. The Bertz CT molecular complexity index is 1260. The quantitative estimate of drug-likeness (QED) is 0.472. The topological polar surface area (TPSA) is 66.0 Å². The van der Waals surface area contributed by atoms with Crippen molar-refractivity contribution in [1.29, 1.82) is 0 Å². The highest BCUT2D eigenvalue weighted by molar-refractivity contribution is 6.19. The fraction of sp³-hybridized carbons (Fsp3) is 0.320. The fourth-order valence-electron chi connectivity index (χ4n) is 4.58. The Kier molecular flexibility index (Phi) is 5.96. The van der Waals surface area contributed by atoms with Crippen molar-refractivity contribution in [2.45, 2.75) is 32.2 Å². The second-order valence-corrected chi connectivity index (χ2v) is 8.61. The van der Waals surface area contributed by atoms with Crippen LogP contribution < -0.4 is 14.5 Å². The van der Waals surface area contributed by atoms with E-state index in [1.165, 1.54) is 23.5 Å². The zero-order valence-corrected chi connectivity index (χ0v) is 18.8. The molecule has 2 aliphatic heterocycles. The second kappa shape index (κ2) is 9.09. The number of imide groups is 1. The second-order valence-electron chi connectivity index (χ2n) is 8.61. The maximum absolute atomic E-state index is 13.2. The Morgan fingerprint density at radius 2 is 1.66 bits per heavy atom. The molecular weight excluding hydrogens is 461 g/mol. The number of halogens is 3. The summed E-state index contributed by atoms with van der Waals surface area (Å²) >= 11 is 0. The van der Waals surface area contributed by atoms with Crippen LogP contribution >= 0.6 is 0 Å². The number of fused-ring (bicyclic) bond motifs is 1. The van der Waals surface area contributed by atoms with Crippen molar-refractivity contribution < 1.29 is 27.5 Å². The van der Waals surface area contributed by atoms with E-state index in [2.05, 4.69) is 9.64 Å². The van der Waals surface area contributed by atoms with E-state index in [-0.39, 0.29) is 18.8 Å². The highest BCUT2D eigenvalue weighted by Gasteiger charge is 2.38. The summed E-state index contributed by atoms with van der Waals surface area (Å²) in [5.41, 5.74) is 1.89. The van der Waals surface area contributed by atoms with Gasteiger partial charge in [0.05, 0.1) is 11.2 Å². The van der Waals surface area contributed by atoms with E-state index in [4.69, 9.17) is 4.98 Å². The molecule has 0 unspecified atom stereocenters. The van der Waals surface area contributed by atoms with Gasteiger partial charge in [0.15, 0.2) is 0 Å². The maximum Gasteiger partial charge on any atom is 0.573 e. The van der Waals surface area contributed by atoms with Gasteiger partial charge in [0.1, 0.15) is 18.1 Å². The highest BCUT2D eigenvalue weighted by atomic mass is 19.4. The molecule has 0 N–H and O–H groups in total. The van der Waals surface area contributed by atoms with Crippen LogP contribution in [0.15, 0.2) is 54.6 Å². The Morgan fingerprint density at radius 3 is 2.37 bits per heavy atom. The Hall–Kier alpha value is -3.82. The Morgan fingerprint density at radius 1 is 0.943 bits per heavy atom. The molecule has 3 heterocycles. The zero-order chi connectivity index (χ0) is 24.6. The van der Waals surface area contributed by atoms with Crippen LogP contribution in [0.25, 0.3) is 10.9 Å². The summed E-state index contributed by atoms with van der Waals surface area (Å²) in [4.78, 5) is 35.3. The number of aromatic nitrogens is 1. The van der Waals surface area contributed by atoms with Crippen LogP contribution in [0.4, 0.5) is 29.5 Å². The van der Waals surface area contributed by atoms with Crippen molar-refractivity contribution in [2.24, 2.45) is 0 Å². The largest absolute Gasteiger partial charge is 0.573 e. The molecule has 10 heteroatoms. The average Bonchev–Trinajstić information content (AvgIpc) is 3.11. The minimum Gasteiger partial charge on any atom is -0.406 e. The fourth-order valence-corrected chi connectivity index (χ4v) is 4.58. The summed E-state index contributed by atoms with van der Waals surface area (Å²) in [6, 6.07) is 13.8. The number of pyridine rings is 1. The number of ether oxygens (including phenoxy) is 1. The van der Waals surface area contributed by atoms with Gasteiger partial charge in [-0.25, -0.2) is 14.7 Å². The van der Waals surface area contributed by atoms with E-state index in [1.54, 1.807) is 0 Å². The summed E-state index contributed by atoms with van der Waals surface area (Å²) in [6.07, 6.45) is -1.42. The van der Waals surface area contributed by atoms with Gasteiger partial charge in [-0.05, 0) is 61.2 Å². The summed E-state index contributed by atoms with van der Waals surface area (Å²) < 4.78 is 41.2. The predicted molar refractivity (Wildman–Crippen MR) is 124 cm³/mol. The summed E-state index contributed by atoms with van der Waals surface area (Å²) in [5, 5.41) is 0.903. The first kappa shape index (κ1) is 22.9. The van der Waals surface area contributed by atoms with Crippen LogP contribution in [-0.4, -0.2) is 47.8 Å². The number of amides is 3. The summed E-state index contributed by atoms with van der Waals surface area (Å²) in [6.45, 7) is 1.93. The zero-order valence-electron chi connectivity index (χ0n) is 18.8. The summed E-state index contributed by atoms with van der Waals surface area (Å²) in [7, 11) is 0. The number of para-hydroxylation sites is 1. The van der Waals surface area contributed by atoms with Crippen LogP contribution in [0.1, 0.15) is 24.8 Å². The van der Waals surface area contributed by atoms with Crippen LogP contribution in [0.2, 0.25) is 0 Å². The maximum atomic E-state index is 13.2. The number of alkyl halides is 3. The first-order valence-electron chi connectivity index (χ1n) is 11.4. The number of urea groups is 1. The molecule has 1 aromatic heterocycles. The molecule has 2 saturated heterocycles. The number of benzene rings is 2. The van der Waals surface area contributed by atoms with Crippen molar-refractivity contribution in [1.82, 2.24) is 9.88 Å². The molecular formula is C25H23F3N4O3. The lowest BCUT2D eigenvalue weighted by Gasteiger charge is -2.28.